The van der Waals surface area contributed by atoms with Gasteiger partial charge >= 0.3 is 0 Å². The smallest absolute Gasteiger partial charge is 0.106 e. The van der Waals surface area contributed by atoms with Crippen molar-refractivity contribution < 1.29 is 0 Å². The Bertz CT molecular complexity index is 1540. The number of nitrogens with zero attached hydrogens (tertiary/aromatic N) is 4. The van der Waals surface area contributed by atoms with Gasteiger partial charge in [-0.05, 0) is 56.1 Å². The number of hydrogen-bond acceptors (Lipinski definition) is 9. The van der Waals surface area contributed by atoms with Crippen LogP contribution in [0.5, 0.6) is 0 Å². The molecule has 200 valence electrons. The zero-order chi connectivity index (χ0) is 27.4. The number of terminal acetylenes is 1. The summed E-state index contributed by atoms with van der Waals surface area (Å²) in [6.07, 6.45) is 14.8. The molecule has 0 amide bonds. The Morgan fingerprint density at radius 3 is 2.67 bits per heavy atom. The summed E-state index contributed by atoms with van der Waals surface area (Å²) in [6, 6.07) is 6.09. The third-order valence-electron chi connectivity index (χ3n) is 7.88. The van der Waals surface area contributed by atoms with Crippen molar-refractivity contribution in [1.29, 1.82) is 5.26 Å². The largest absolute Gasteiger partial charge is 0.383 e. The van der Waals surface area contributed by atoms with Gasteiger partial charge in [0.15, 0.2) is 0 Å². The Morgan fingerprint density at radius 2 is 2.05 bits per heavy atom. The van der Waals surface area contributed by atoms with Gasteiger partial charge in [0.1, 0.15) is 12.1 Å². The summed E-state index contributed by atoms with van der Waals surface area (Å²) >= 11 is 1.62. The monoisotopic (exact) mass is 538 g/mol. The number of rotatable bonds is 8. The molecule has 0 spiro atoms. The third kappa shape index (κ3) is 4.78. The third-order valence-corrected chi connectivity index (χ3v) is 8.87. The van der Waals surface area contributed by atoms with Crippen molar-refractivity contribution in [2.45, 2.75) is 65.0 Å². The van der Waals surface area contributed by atoms with Crippen molar-refractivity contribution in [3.8, 4) is 18.4 Å². The second-order valence-corrected chi connectivity index (χ2v) is 13.0. The van der Waals surface area contributed by atoms with Crippen LogP contribution < -0.4 is 21.6 Å². The van der Waals surface area contributed by atoms with E-state index in [4.69, 9.17) is 6.42 Å². The Balaban J connectivity index is 1.41. The number of benzene rings is 1. The van der Waals surface area contributed by atoms with E-state index in [9.17, 15) is 5.26 Å². The molecule has 2 fully saturated rings. The highest BCUT2D eigenvalue weighted by Gasteiger charge is 2.58. The molecule has 1 aliphatic heterocycles. The number of pyridine rings is 1. The van der Waals surface area contributed by atoms with E-state index < -0.39 is 0 Å². The highest BCUT2D eigenvalue weighted by atomic mass is 32.1. The average Bonchev–Trinajstić information content (AvgIpc) is 3.83. The van der Waals surface area contributed by atoms with Gasteiger partial charge in [0.25, 0.3) is 0 Å². The average molecular weight is 539 g/mol. The fraction of sp³-hybridized carbons (Fsp3) is 0.433. The van der Waals surface area contributed by atoms with E-state index in [0.717, 1.165) is 45.5 Å². The molecule has 2 aromatic heterocycles. The predicted molar refractivity (Wildman–Crippen MR) is 156 cm³/mol. The molecule has 1 aromatic carbocycles. The molecule has 0 unspecified atom stereocenters. The summed E-state index contributed by atoms with van der Waals surface area (Å²) in [4.78, 5) is 10.2. The first-order valence-corrected chi connectivity index (χ1v) is 14.4. The highest BCUT2D eigenvalue weighted by molar-refractivity contribution is 7.09. The van der Waals surface area contributed by atoms with Gasteiger partial charge in [-0.3, -0.25) is 9.99 Å². The SMILES string of the molecule is C#Cc1cnc2c(C#N)cc(N[C@H](C3=CN(C4(C5CC5)CC4)NN3)c3scnc3C)cc2c1NCC(C)(C)C. The minimum absolute atomic E-state index is 0.0447. The Kier molecular flexibility index (Phi) is 6.17. The fourth-order valence-electron chi connectivity index (χ4n) is 5.47. The van der Waals surface area contributed by atoms with Crippen LogP contribution in [0.3, 0.4) is 0 Å². The summed E-state index contributed by atoms with van der Waals surface area (Å²) in [5.41, 5.74) is 14.5. The van der Waals surface area contributed by atoms with Crippen molar-refractivity contribution in [1.82, 2.24) is 25.9 Å². The Hall–Kier alpha value is -3.79. The van der Waals surface area contributed by atoms with Crippen LogP contribution in [0.15, 0.2) is 35.7 Å². The van der Waals surface area contributed by atoms with E-state index in [2.05, 4.69) is 75.5 Å². The van der Waals surface area contributed by atoms with Crippen LogP contribution in [0.25, 0.3) is 10.9 Å². The Morgan fingerprint density at radius 1 is 1.26 bits per heavy atom. The second kappa shape index (κ2) is 9.44. The van der Waals surface area contributed by atoms with Gasteiger partial charge in [-0.2, -0.15) is 5.26 Å². The summed E-state index contributed by atoms with van der Waals surface area (Å²) < 4.78 is 0. The normalized spacial score (nSPS) is 18.6. The highest BCUT2D eigenvalue weighted by Crippen LogP contribution is 2.57. The van der Waals surface area contributed by atoms with Gasteiger partial charge in [0, 0.05) is 30.0 Å². The predicted octanol–water partition coefficient (Wildman–Crippen LogP) is 5.57. The maximum absolute atomic E-state index is 10.1. The molecule has 2 saturated carbocycles. The topological polar surface area (TPSA) is 101 Å². The van der Waals surface area contributed by atoms with Crippen molar-refractivity contribution in [2.24, 2.45) is 11.3 Å². The van der Waals surface area contributed by atoms with E-state index in [-0.39, 0.29) is 17.0 Å². The molecule has 0 radical (unpaired) electrons. The van der Waals surface area contributed by atoms with E-state index in [0.29, 0.717) is 16.6 Å². The molecule has 6 rings (SSSR count). The van der Waals surface area contributed by atoms with Crippen LogP contribution in [-0.2, 0) is 0 Å². The second-order valence-electron chi connectivity index (χ2n) is 12.1. The standard InChI is InChI=1S/C30H34N8S/c1-6-19-14-32-26-20(13-31)11-22(12-23(26)25(19)33-16-29(3,4)5)35-27(28-18(2)34-17-39-28)24-15-38(37-36-24)30(9-10-30)21-7-8-21/h1,11-12,14-15,17,21,27,35-37H,7-10,16H2,2-5H3,(H,32,33)/t27-/m1/s1. The van der Waals surface area contributed by atoms with Crippen LogP contribution in [0, 0.1) is 41.9 Å². The summed E-state index contributed by atoms with van der Waals surface area (Å²) in [6.45, 7) is 9.27. The first-order chi connectivity index (χ1) is 18.7. The number of thiazole rings is 1. The lowest BCUT2D eigenvalue weighted by atomic mass is 9.96. The molecule has 0 bridgehead atoms. The molecule has 2 aliphatic carbocycles. The number of anilines is 2. The van der Waals surface area contributed by atoms with Gasteiger partial charge in [-0.25, -0.2) is 4.98 Å². The van der Waals surface area contributed by atoms with E-state index in [1.54, 1.807) is 17.5 Å². The molecular weight excluding hydrogens is 504 g/mol. The number of hydrazine groups is 2. The fourth-order valence-corrected chi connectivity index (χ4v) is 6.34. The number of nitrogens with one attached hydrogen (secondary N) is 4. The molecule has 4 N–H and O–H groups in total. The van der Waals surface area contributed by atoms with Crippen LogP contribution in [0.2, 0.25) is 0 Å². The van der Waals surface area contributed by atoms with E-state index >= 15 is 0 Å². The van der Waals surface area contributed by atoms with Gasteiger partial charge in [0.2, 0.25) is 0 Å². The molecular formula is C30H34N8S. The van der Waals surface area contributed by atoms with E-state index in [1.807, 2.05) is 24.6 Å². The molecule has 9 heteroatoms. The van der Waals surface area contributed by atoms with Crippen molar-refractivity contribution in [3.05, 3.63) is 57.4 Å². The summed E-state index contributed by atoms with van der Waals surface area (Å²) in [5.74, 6) is 3.54. The molecule has 3 aliphatic rings. The quantitative estimate of drug-likeness (QED) is 0.276. The number of nitriles is 1. The first-order valence-electron chi connectivity index (χ1n) is 13.5. The molecule has 3 aromatic rings. The summed E-state index contributed by atoms with van der Waals surface area (Å²) in [5, 5.41) is 20.5. The molecule has 3 heterocycles. The molecule has 1 atom stereocenters. The molecule has 0 saturated heterocycles. The minimum Gasteiger partial charge on any atom is -0.383 e. The molecule has 8 nitrogen and oxygen atoms in total. The van der Waals surface area contributed by atoms with Gasteiger partial charge < -0.3 is 16.1 Å². The lowest BCUT2D eigenvalue weighted by Crippen LogP contribution is -2.46. The lowest BCUT2D eigenvalue weighted by molar-refractivity contribution is 0.156. The number of aromatic nitrogens is 2. The zero-order valence-electron chi connectivity index (χ0n) is 22.9. The summed E-state index contributed by atoms with van der Waals surface area (Å²) in [7, 11) is 0. The minimum atomic E-state index is -0.177. The van der Waals surface area contributed by atoms with Crippen molar-refractivity contribution >= 4 is 33.6 Å². The van der Waals surface area contributed by atoms with Crippen LogP contribution in [0.1, 0.15) is 74.2 Å². The van der Waals surface area contributed by atoms with Crippen LogP contribution >= 0.6 is 11.3 Å². The van der Waals surface area contributed by atoms with Crippen molar-refractivity contribution in [3.63, 3.8) is 0 Å². The van der Waals surface area contributed by atoms with Gasteiger partial charge in [0.05, 0.1) is 49.6 Å². The number of hydrogen-bond donors (Lipinski definition) is 4. The Labute approximate surface area is 233 Å². The number of fused-ring (bicyclic) bond motifs is 1. The molecule has 39 heavy (non-hydrogen) atoms. The maximum atomic E-state index is 10.1. The maximum Gasteiger partial charge on any atom is 0.106 e. The van der Waals surface area contributed by atoms with Gasteiger partial charge in [-0.1, -0.05) is 26.7 Å². The van der Waals surface area contributed by atoms with Crippen molar-refractivity contribution in [2.75, 3.05) is 17.2 Å². The first kappa shape index (κ1) is 25.5. The zero-order valence-corrected chi connectivity index (χ0v) is 23.7. The van der Waals surface area contributed by atoms with Gasteiger partial charge in [-0.15, -0.1) is 23.3 Å². The van der Waals surface area contributed by atoms with E-state index in [1.165, 1.54) is 25.7 Å². The number of aryl methyl sites for hydroxylation is 1. The lowest BCUT2D eigenvalue weighted by Gasteiger charge is -2.26. The van der Waals surface area contributed by atoms with Crippen LogP contribution in [0.4, 0.5) is 11.4 Å². The van der Waals surface area contributed by atoms with Crippen LogP contribution in [-0.4, -0.2) is 27.1 Å².